The second kappa shape index (κ2) is 12.6. The minimum atomic E-state index is -0.463. The van der Waals surface area contributed by atoms with Crippen LogP contribution in [-0.2, 0) is 9.47 Å². The molecule has 0 aromatic carbocycles. The van der Waals surface area contributed by atoms with Crippen molar-refractivity contribution in [2.45, 2.75) is 46.1 Å². The first-order chi connectivity index (χ1) is 11.4. The summed E-state index contributed by atoms with van der Waals surface area (Å²) in [4.78, 5) is 18.5. The number of hydrogen-bond donors (Lipinski definition) is 2. The van der Waals surface area contributed by atoms with Crippen LogP contribution >= 0.6 is 24.0 Å². The van der Waals surface area contributed by atoms with Crippen LogP contribution in [0.2, 0.25) is 0 Å². The number of halogens is 1. The lowest BCUT2D eigenvalue weighted by Crippen LogP contribution is -2.40. The number of ether oxygens (including phenoxy) is 2. The smallest absolute Gasteiger partial charge is 0.407 e. The first-order valence-corrected chi connectivity index (χ1v) is 8.84. The zero-order valence-corrected chi connectivity index (χ0v) is 18.6. The molecule has 0 bridgehead atoms. The zero-order chi connectivity index (χ0) is 18.0. The van der Waals surface area contributed by atoms with Crippen LogP contribution in [0.25, 0.3) is 0 Å². The maximum atomic E-state index is 11.6. The molecule has 7 nitrogen and oxygen atoms in total. The molecule has 8 heteroatoms. The van der Waals surface area contributed by atoms with Crippen LogP contribution in [0.5, 0.6) is 0 Å². The molecule has 0 spiro atoms. The summed E-state index contributed by atoms with van der Waals surface area (Å²) in [6.07, 6.45) is 1.54. The zero-order valence-electron chi connectivity index (χ0n) is 16.3. The summed E-state index contributed by atoms with van der Waals surface area (Å²) in [6, 6.07) is 0. The maximum absolute atomic E-state index is 11.6. The van der Waals surface area contributed by atoms with Gasteiger partial charge in [-0.3, -0.25) is 4.99 Å². The highest BCUT2D eigenvalue weighted by atomic mass is 127. The molecule has 25 heavy (non-hydrogen) atoms. The van der Waals surface area contributed by atoms with E-state index in [0.717, 1.165) is 45.0 Å². The van der Waals surface area contributed by atoms with E-state index in [4.69, 9.17) is 9.47 Å². The number of amides is 1. The summed E-state index contributed by atoms with van der Waals surface area (Å²) >= 11 is 0. The quantitative estimate of drug-likeness (QED) is 0.259. The Hall–Kier alpha value is -0.770. The van der Waals surface area contributed by atoms with E-state index >= 15 is 0 Å². The number of aliphatic imine (C=N–C) groups is 1. The van der Waals surface area contributed by atoms with E-state index < -0.39 is 5.60 Å². The standard InChI is InChI=1S/C17H34N4O3.HI/c1-6-18-15(21-11-8-14(12-21)13-23-5)19-9-7-10-20-16(22)24-17(2,3)4;/h14H,6-13H2,1-5H3,(H,18,19)(H,20,22);1H. The molecule has 1 aliphatic rings. The lowest BCUT2D eigenvalue weighted by Gasteiger charge is -2.21. The molecule has 1 fully saturated rings. The molecule has 0 aromatic rings. The minimum absolute atomic E-state index is 0. The number of rotatable bonds is 7. The molecule has 1 unspecified atom stereocenters. The van der Waals surface area contributed by atoms with Crippen molar-refractivity contribution in [1.82, 2.24) is 15.5 Å². The third-order valence-corrected chi connectivity index (χ3v) is 3.59. The van der Waals surface area contributed by atoms with Crippen LogP contribution < -0.4 is 10.6 Å². The van der Waals surface area contributed by atoms with Crippen molar-refractivity contribution in [2.24, 2.45) is 10.9 Å². The lowest BCUT2D eigenvalue weighted by molar-refractivity contribution is 0.0527. The summed E-state index contributed by atoms with van der Waals surface area (Å²) < 4.78 is 10.4. The Morgan fingerprint density at radius 2 is 2.04 bits per heavy atom. The molecule has 0 aliphatic carbocycles. The van der Waals surface area contributed by atoms with E-state index in [0.29, 0.717) is 19.0 Å². The summed E-state index contributed by atoms with van der Waals surface area (Å²) in [5.41, 5.74) is -0.463. The van der Waals surface area contributed by atoms with Gasteiger partial charge in [-0.1, -0.05) is 0 Å². The van der Waals surface area contributed by atoms with Gasteiger partial charge in [0, 0.05) is 45.8 Å². The fraction of sp³-hybridized carbons (Fsp3) is 0.882. The molecule has 0 aromatic heterocycles. The fourth-order valence-corrected chi connectivity index (χ4v) is 2.59. The Bertz CT molecular complexity index is 413. The van der Waals surface area contributed by atoms with Gasteiger partial charge < -0.3 is 25.0 Å². The largest absolute Gasteiger partial charge is 0.444 e. The van der Waals surface area contributed by atoms with Crippen molar-refractivity contribution in [3.63, 3.8) is 0 Å². The number of hydrogen-bond acceptors (Lipinski definition) is 4. The van der Waals surface area contributed by atoms with Gasteiger partial charge in [0.1, 0.15) is 5.60 Å². The lowest BCUT2D eigenvalue weighted by atomic mass is 10.1. The third-order valence-electron chi connectivity index (χ3n) is 3.59. The second-order valence-electron chi connectivity index (χ2n) is 7.07. The molecular weight excluding hydrogens is 435 g/mol. The molecule has 1 saturated heterocycles. The molecule has 148 valence electrons. The molecule has 1 aliphatic heterocycles. The summed E-state index contributed by atoms with van der Waals surface area (Å²) in [6.45, 7) is 12.5. The Morgan fingerprint density at radius 1 is 1.32 bits per heavy atom. The van der Waals surface area contributed by atoms with Crippen LogP contribution in [0.4, 0.5) is 4.79 Å². The molecule has 2 N–H and O–H groups in total. The van der Waals surface area contributed by atoms with Crippen molar-refractivity contribution in [1.29, 1.82) is 0 Å². The summed E-state index contributed by atoms with van der Waals surface area (Å²) in [5, 5.41) is 6.10. The number of guanidine groups is 1. The number of carbonyl (C=O) groups is 1. The van der Waals surface area contributed by atoms with Crippen LogP contribution in [0.15, 0.2) is 4.99 Å². The Balaban J connectivity index is 0.00000576. The van der Waals surface area contributed by atoms with Gasteiger partial charge in [0.2, 0.25) is 0 Å². The minimum Gasteiger partial charge on any atom is -0.444 e. The Morgan fingerprint density at radius 3 is 2.64 bits per heavy atom. The van der Waals surface area contributed by atoms with E-state index in [1.807, 2.05) is 20.8 Å². The van der Waals surface area contributed by atoms with Gasteiger partial charge in [-0.2, -0.15) is 0 Å². The number of likely N-dealkylation sites (tertiary alicyclic amines) is 1. The summed E-state index contributed by atoms with van der Waals surface area (Å²) in [7, 11) is 1.75. The third kappa shape index (κ3) is 10.7. The molecule has 1 atom stereocenters. The molecular formula is C17H35IN4O3. The Labute approximate surface area is 169 Å². The van der Waals surface area contributed by atoms with E-state index in [-0.39, 0.29) is 30.1 Å². The van der Waals surface area contributed by atoms with Gasteiger partial charge >= 0.3 is 6.09 Å². The number of carbonyl (C=O) groups excluding carboxylic acids is 1. The van der Waals surface area contributed by atoms with Gasteiger partial charge in [0.05, 0.1) is 6.61 Å². The highest BCUT2D eigenvalue weighted by Crippen LogP contribution is 2.16. The summed E-state index contributed by atoms with van der Waals surface area (Å²) in [5.74, 6) is 1.53. The van der Waals surface area contributed by atoms with Crippen molar-refractivity contribution < 1.29 is 14.3 Å². The highest BCUT2D eigenvalue weighted by Gasteiger charge is 2.24. The fourth-order valence-electron chi connectivity index (χ4n) is 2.59. The SMILES string of the molecule is CCNC(=NCCCNC(=O)OC(C)(C)C)N1CCC(COC)C1.I. The predicted octanol–water partition coefficient (Wildman–Crippen LogP) is 2.45. The number of nitrogens with one attached hydrogen (secondary N) is 2. The number of nitrogens with zero attached hydrogens (tertiary/aromatic N) is 2. The van der Waals surface area contributed by atoms with Gasteiger partial charge in [0.15, 0.2) is 5.96 Å². The van der Waals surface area contributed by atoms with Crippen molar-refractivity contribution in [3.05, 3.63) is 0 Å². The second-order valence-corrected chi connectivity index (χ2v) is 7.07. The van der Waals surface area contributed by atoms with Crippen molar-refractivity contribution >= 4 is 36.0 Å². The molecule has 0 radical (unpaired) electrons. The monoisotopic (exact) mass is 470 g/mol. The van der Waals surface area contributed by atoms with Crippen molar-refractivity contribution in [2.75, 3.05) is 46.4 Å². The van der Waals surface area contributed by atoms with Gasteiger partial charge in [-0.15, -0.1) is 24.0 Å². The van der Waals surface area contributed by atoms with Gasteiger partial charge in [-0.05, 0) is 40.5 Å². The average Bonchev–Trinajstić information content (AvgIpc) is 2.93. The molecule has 0 saturated carbocycles. The molecule has 1 amide bonds. The van der Waals surface area contributed by atoms with E-state index in [2.05, 4.69) is 27.4 Å². The first-order valence-electron chi connectivity index (χ1n) is 8.84. The van der Waals surface area contributed by atoms with E-state index in [1.54, 1.807) is 7.11 Å². The molecule has 1 rings (SSSR count). The maximum Gasteiger partial charge on any atom is 0.407 e. The van der Waals surface area contributed by atoms with E-state index in [9.17, 15) is 4.79 Å². The Kier molecular flexibility index (Phi) is 12.2. The van der Waals surface area contributed by atoms with E-state index in [1.165, 1.54) is 0 Å². The van der Waals surface area contributed by atoms with Gasteiger partial charge in [-0.25, -0.2) is 4.79 Å². The average molecular weight is 470 g/mol. The predicted molar refractivity (Wildman–Crippen MR) is 112 cm³/mol. The normalized spacial score (nSPS) is 17.9. The highest BCUT2D eigenvalue weighted by molar-refractivity contribution is 14.0. The first kappa shape index (κ1) is 24.2. The van der Waals surface area contributed by atoms with Crippen LogP contribution in [0.3, 0.4) is 0 Å². The molecule has 1 heterocycles. The van der Waals surface area contributed by atoms with Crippen LogP contribution in [0, 0.1) is 5.92 Å². The van der Waals surface area contributed by atoms with Crippen LogP contribution in [0.1, 0.15) is 40.5 Å². The number of alkyl carbamates (subject to hydrolysis) is 1. The number of methoxy groups -OCH3 is 1. The van der Waals surface area contributed by atoms with Crippen molar-refractivity contribution in [3.8, 4) is 0 Å². The van der Waals surface area contributed by atoms with Gasteiger partial charge in [0.25, 0.3) is 0 Å². The van der Waals surface area contributed by atoms with Crippen LogP contribution in [-0.4, -0.2) is 69.0 Å². The topological polar surface area (TPSA) is 75.2 Å².